The second kappa shape index (κ2) is 4.86. The maximum Gasteiger partial charge on any atom is 0.140 e. The SMILES string of the molecule is Cn1c(-c2ccc3c(c2)CNCC3)nc2cccc(Cl)c21. The van der Waals surface area contributed by atoms with Crippen LogP contribution in [-0.4, -0.2) is 16.1 Å². The number of nitrogens with zero attached hydrogens (tertiary/aromatic N) is 2. The van der Waals surface area contributed by atoms with Crippen molar-refractivity contribution >= 4 is 22.6 Å². The Hall–Kier alpha value is -1.84. The molecule has 2 aromatic carbocycles. The number of rotatable bonds is 1. The molecule has 4 rings (SSSR count). The number of aromatic nitrogens is 2. The summed E-state index contributed by atoms with van der Waals surface area (Å²) >= 11 is 6.31. The number of fused-ring (bicyclic) bond motifs is 2. The Morgan fingerprint density at radius 2 is 2.10 bits per heavy atom. The highest BCUT2D eigenvalue weighted by atomic mass is 35.5. The Morgan fingerprint density at radius 1 is 1.19 bits per heavy atom. The molecule has 0 aliphatic carbocycles. The molecule has 0 saturated carbocycles. The zero-order valence-corrected chi connectivity index (χ0v) is 12.6. The van der Waals surface area contributed by atoms with Gasteiger partial charge >= 0.3 is 0 Å². The maximum absolute atomic E-state index is 6.31. The molecular formula is C17H16ClN3. The van der Waals surface area contributed by atoms with Crippen molar-refractivity contribution in [3.63, 3.8) is 0 Å². The van der Waals surface area contributed by atoms with Gasteiger partial charge in [-0.2, -0.15) is 0 Å². The van der Waals surface area contributed by atoms with E-state index in [1.807, 2.05) is 25.2 Å². The van der Waals surface area contributed by atoms with Crippen LogP contribution in [0.2, 0.25) is 5.02 Å². The monoisotopic (exact) mass is 297 g/mol. The van der Waals surface area contributed by atoms with E-state index in [4.69, 9.17) is 16.6 Å². The molecule has 3 aromatic rings. The number of halogens is 1. The molecule has 1 N–H and O–H groups in total. The molecular weight excluding hydrogens is 282 g/mol. The Morgan fingerprint density at radius 3 is 2.95 bits per heavy atom. The van der Waals surface area contributed by atoms with Gasteiger partial charge in [0, 0.05) is 19.2 Å². The van der Waals surface area contributed by atoms with Crippen molar-refractivity contribution in [1.82, 2.24) is 14.9 Å². The molecule has 1 aliphatic rings. The number of aryl methyl sites for hydroxylation is 1. The van der Waals surface area contributed by atoms with Gasteiger partial charge in [0.1, 0.15) is 5.82 Å². The van der Waals surface area contributed by atoms with E-state index in [1.54, 1.807) is 0 Å². The number of hydrogen-bond donors (Lipinski definition) is 1. The molecule has 0 atom stereocenters. The summed E-state index contributed by atoms with van der Waals surface area (Å²) in [5, 5.41) is 4.17. The third-order valence-electron chi connectivity index (χ3n) is 4.20. The first-order chi connectivity index (χ1) is 10.2. The highest BCUT2D eigenvalue weighted by Gasteiger charge is 2.15. The van der Waals surface area contributed by atoms with Crippen LogP contribution in [0.3, 0.4) is 0 Å². The third-order valence-corrected chi connectivity index (χ3v) is 4.50. The predicted octanol–water partition coefficient (Wildman–Crippen LogP) is 3.54. The minimum Gasteiger partial charge on any atom is -0.326 e. The second-order valence-electron chi connectivity index (χ2n) is 5.51. The van der Waals surface area contributed by atoms with Gasteiger partial charge in [-0.25, -0.2) is 4.98 Å². The van der Waals surface area contributed by atoms with Crippen LogP contribution < -0.4 is 5.32 Å². The van der Waals surface area contributed by atoms with E-state index in [0.29, 0.717) is 0 Å². The van der Waals surface area contributed by atoms with Crippen molar-refractivity contribution < 1.29 is 0 Å². The third kappa shape index (κ3) is 2.04. The maximum atomic E-state index is 6.31. The van der Waals surface area contributed by atoms with Gasteiger partial charge in [-0.1, -0.05) is 29.8 Å². The summed E-state index contributed by atoms with van der Waals surface area (Å²) in [6, 6.07) is 12.5. The van der Waals surface area contributed by atoms with Crippen molar-refractivity contribution in [2.24, 2.45) is 7.05 Å². The molecule has 0 radical (unpaired) electrons. The second-order valence-corrected chi connectivity index (χ2v) is 5.92. The quantitative estimate of drug-likeness (QED) is 0.744. The van der Waals surface area contributed by atoms with Gasteiger partial charge in [0.15, 0.2) is 0 Å². The van der Waals surface area contributed by atoms with Crippen LogP contribution in [0.1, 0.15) is 11.1 Å². The van der Waals surface area contributed by atoms with E-state index < -0.39 is 0 Å². The highest BCUT2D eigenvalue weighted by Crippen LogP contribution is 2.29. The number of nitrogens with one attached hydrogen (secondary N) is 1. The van der Waals surface area contributed by atoms with E-state index in [9.17, 15) is 0 Å². The number of imidazole rings is 1. The molecule has 0 unspecified atom stereocenters. The standard InChI is InChI=1S/C17H16ClN3/c1-21-16-14(18)3-2-4-15(16)20-17(21)12-6-5-11-7-8-19-10-13(11)9-12/h2-6,9,19H,7-8,10H2,1H3. The molecule has 1 aliphatic heterocycles. The first-order valence-electron chi connectivity index (χ1n) is 7.18. The van der Waals surface area contributed by atoms with E-state index in [2.05, 4.69) is 28.1 Å². The van der Waals surface area contributed by atoms with Crippen molar-refractivity contribution in [1.29, 1.82) is 0 Å². The zero-order valence-electron chi connectivity index (χ0n) is 11.9. The lowest BCUT2D eigenvalue weighted by molar-refractivity contribution is 0.644. The van der Waals surface area contributed by atoms with Gasteiger partial charge in [-0.3, -0.25) is 0 Å². The van der Waals surface area contributed by atoms with Crippen LogP contribution in [0.4, 0.5) is 0 Å². The van der Waals surface area contributed by atoms with Gasteiger partial charge < -0.3 is 9.88 Å². The highest BCUT2D eigenvalue weighted by molar-refractivity contribution is 6.35. The minimum absolute atomic E-state index is 0.744. The summed E-state index contributed by atoms with van der Waals surface area (Å²) in [5.41, 5.74) is 5.89. The van der Waals surface area contributed by atoms with E-state index in [-0.39, 0.29) is 0 Å². The van der Waals surface area contributed by atoms with Crippen LogP contribution >= 0.6 is 11.6 Å². The van der Waals surface area contributed by atoms with Crippen LogP contribution in [0, 0.1) is 0 Å². The summed E-state index contributed by atoms with van der Waals surface area (Å²) in [7, 11) is 2.02. The van der Waals surface area contributed by atoms with Crippen molar-refractivity contribution in [3.8, 4) is 11.4 Å². The summed E-state index contributed by atoms with van der Waals surface area (Å²) < 4.78 is 2.08. The predicted molar refractivity (Wildman–Crippen MR) is 86.6 cm³/mol. The van der Waals surface area contributed by atoms with Crippen molar-refractivity contribution in [2.45, 2.75) is 13.0 Å². The molecule has 0 fully saturated rings. The lowest BCUT2D eigenvalue weighted by Gasteiger charge is -2.17. The topological polar surface area (TPSA) is 29.9 Å². The van der Waals surface area contributed by atoms with Crippen LogP contribution in [0.25, 0.3) is 22.4 Å². The van der Waals surface area contributed by atoms with Crippen LogP contribution in [0.5, 0.6) is 0 Å². The smallest absolute Gasteiger partial charge is 0.140 e. The summed E-state index contributed by atoms with van der Waals surface area (Å²) in [6.07, 6.45) is 1.10. The average molecular weight is 298 g/mol. The molecule has 0 saturated heterocycles. The first-order valence-corrected chi connectivity index (χ1v) is 7.55. The Balaban J connectivity index is 1.90. The number of benzene rings is 2. The molecule has 1 aromatic heterocycles. The van der Waals surface area contributed by atoms with E-state index in [0.717, 1.165) is 47.0 Å². The minimum atomic E-state index is 0.744. The average Bonchev–Trinajstić information content (AvgIpc) is 2.85. The molecule has 2 heterocycles. The van der Waals surface area contributed by atoms with Gasteiger partial charge in [0.25, 0.3) is 0 Å². The number of para-hydroxylation sites is 1. The van der Waals surface area contributed by atoms with Gasteiger partial charge in [-0.15, -0.1) is 0 Å². The molecule has 0 spiro atoms. The number of hydrogen-bond acceptors (Lipinski definition) is 2. The van der Waals surface area contributed by atoms with E-state index >= 15 is 0 Å². The lowest BCUT2D eigenvalue weighted by Crippen LogP contribution is -2.23. The fourth-order valence-corrected chi connectivity index (χ4v) is 3.40. The van der Waals surface area contributed by atoms with Crippen molar-refractivity contribution in [2.75, 3.05) is 6.54 Å². The molecule has 21 heavy (non-hydrogen) atoms. The zero-order chi connectivity index (χ0) is 14.4. The fourth-order valence-electron chi connectivity index (χ4n) is 3.10. The van der Waals surface area contributed by atoms with Crippen LogP contribution in [0.15, 0.2) is 36.4 Å². The summed E-state index contributed by atoms with van der Waals surface area (Å²) in [5.74, 6) is 0.964. The largest absolute Gasteiger partial charge is 0.326 e. The molecule has 4 heteroatoms. The lowest BCUT2D eigenvalue weighted by atomic mass is 9.98. The summed E-state index contributed by atoms with van der Waals surface area (Å²) in [4.78, 5) is 4.75. The summed E-state index contributed by atoms with van der Waals surface area (Å²) in [6.45, 7) is 2.00. The van der Waals surface area contributed by atoms with Gasteiger partial charge in [0.05, 0.1) is 16.1 Å². The van der Waals surface area contributed by atoms with Gasteiger partial charge in [-0.05, 0) is 42.3 Å². The fraction of sp³-hybridized carbons (Fsp3) is 0.235. The molecule has 3 nitrogen and oxygen atoms in total. The van der Waals surface area contributed by atoms with E-state index in [1.165, 1.54) is 11.1 Å². The Labute approximate surface area is 128 Å². The Kier molecular flexibility index (Phi) is 2.98. The normalized spacial score (nSPS) is 14.4. The van der Waals surface area contributed by atoms with Gasteiger partial charge in [0.2, 0.25) is 0 Å². The van der Waals surface area contributed by atoms with Crippen LogP contribution in [-0.2, 0) is 20.0 Å². The van der Waals surface area contributed by atoms with Crippen molar-refractivity contribution in [3.05, 3.63) is 52.5 Å². The molecule has 106 valence electrons. The first kappa shape index (κ1) is 12.9. The molecule has 0 amide bonds. The molecule has 0 bridgehead atoms. The Bertz CT molecular complexity index is 835.